The molecule has 1 heterocycles. The Bertz CT molecular complexity index is 1020. The fraction of sp³-hybridized carbons (Fsp3) is 0.316. The Morgan fingerprint density at radius 3 is 2.37 bits per heavy atom. The van der Waals surface area contributed by atoms with Gasteiger partial charge in [-0.15, -0.1) is 0 Å². The maximum atomic E-state index is 12.6. The third-order valence-electron chi connectivity index (χ3n) is 4.72. The molecular formula is C19H21BrN4O5S. The van der Waals surface area contributed by atoms with Crippen LogP contribution in [0.2, 0.25) is 0 Å². The number of piperazine rings is 1. The minimum atomic E-state index is -3.41. The van der Waals surface area contributed by atoms with Crippen LogP contribution in [0.5, 0.6) is 0 Å². The second-order valence-corrected chi connectivity index (χ2v) is 9.71. The molecule has 160 valence electrons. The fourth-order valence-corrected chi connectivity index (χ4v) is 5.14. The summed E-state index contributed by atoms with van der Waals surface area (Å²) < 4.78 is 27.1. The number of non-ortho nitro benzene ring substituents is 1. The molecule has 9 nitrogen and oxygen atoms in total. The average molecular weight is 497 g/mol. The summed E-state index contributed by atoms with van der Waals surface area (Å²) in [6.07, 6.45) is 0. The number of nitro benzene ring substituents is 1. The van der Waals surface area contributed by atoms with Crippen molar-refractivity contribution < 1.29 is 18.1 Å². The largest absolute Gasteiger partial charge is 0.324 e. The second kappa shape index (κ2) is 9.65. The predicted molar refractivity (Wildman–Crippen MR) is 117 cm³/mol. The highest BCUT2D eigenvalue weighted by atomic mass is 79.9. The lowest BCUT2D eigenvalue weighted by Gasteiger charge is -2.33. The first-order chi connectivity index (χ1) is 14.2. The van der Waals surface area contributed by atoms with E-state index in [1.165, 1.54) is 22.5 Å². The Labute approximate surface area is 183 Å². The number of amides is 1. The Hall–Kier alpha value is -2.34. The van der Waals surface area contributed by atoms with Gasteiger partial charge in [0.05, 0.1) is 22.9 Å². The SMILES string of the molecule is O=C(CN1CCN(S(=O)(=O)Cc2ccccc2)CC1)Nc1ccc([N+](=O)[O-])cc1Br. The van der Waals surface area contributed by atoms with E-state index in [0.717, 1.165) is 5.56 Å². The van der Waals surface area contributed by atoms with Crippen LogP contribution in [0, 0.1) is 10.1 Å². The number of nitrogens with zero attached hydrogens (tertiary/aromatic N) is 3. The number of hydrogen-bond acceptors (Lipinski definition) is 6. The smallest absolute Gasteiger partial charge is 0.270 e. The number of sulfonamides is 1. The number of nitro groups is 1. The highest BCUT2D eigenvalue weighted by Gasteiger charge is 2.27. The van der Waals surface area contributed by atoms with Crippen LogP contribution in [0.4, 0.5) is 11.4 Å². The molecule has 1 aliphatic rings. The van der Waals surface area contributed by atoms with Gasteiger partial charge in [0.1, 0.15) is 0 Å². The topological polar surface area (TPSA) is 113 Å². The summed E-state index contributed by atoms with van der Waals surface area (Å²) in [5, 5.41) is 13.5. The van der Waals surface area contributed by atoms with E-state index in [4.69, 9.17) is 0 Å². The Morgan fingerprint density at radius 1 is 1.10 bits per heavy atom. The van der Waals surface area contributed by atoms with Crippen molar-refractivity contribution in [3.63, 3.8) is 0 Å². The molecule has 11 heteroatoms. The van der Waals surface area contributed by atoms with Gasteiger partial charge in [-0.3, -0.25) is 19.8 Å². The molecule has 1 amide bonds. The van der Waals surface area contributed by atoms with Crippen LogP contribution >= 0.6 is 15.9 Å². The zero-order valence-electron chi connectivity index (χ0n) is 16.0. The van der Waals surface area contributed by atoms with Gasteiger partial charge in [0.25, 0.3) is 5.69 Å². The van der Waals surface area contributed by atoms with E-state index in [1.54, 1.807) is 12.1 Å². The molecular weight excluding hydrogens is 476 g/mol. The van der Waals surface area contributed by atoms with Gasteiger partial charge in [-0.05, 0) is 27.6 Å². The maximum absolute atomic E-state index is 12.6. The molecule has 2 aromatic carbocycles. The van der Waals surface area contributed by atoms with E-state index in [2.05, 4.69) is 21.2 Å². The molecule has 0 unspecified atom stereocenters. The molecule has 1 aliphatic heterocycles. The van der Waals surface area contributed by atoms with Crippen molar-refractivity contribution in [3.05, 3.63) is 68.7 Å². The predicted octanol–water partition coefficient (Wildman–Crippen LogP) is 2.44. The Kier molecular flexibility index (Phi) is 7.19. The van der Waals surface area contributed by atoms with Crippen molar-refractivity contribution in [1.82, 2.24) is 9.21 Å². The number of halogens is 1. The van der Waals surface area contributed by atoms with E-state index in [0.29, 0.717) is 36.3 Å². The molecule has 0 saturated carbocycles. The van der Waals surface area contributed by atoms with Crippen LogP contribution in [0.3, 0.4) is 0 Å². The third-order valence-corrected chi connectivity index (χ3v) is 7.23. The van der Waals surface area contributed by atoms with Gasteiger partial charge in [0, 0.05) is 42.8 Å². The van der Waals surface area contributed by atoms with Crippen molar-refractivity contribution in [2.24, 2.45) is 0 Å². The standard InChI is InChI=1S/C19H21BrN4O5S/c20-17-12-16(24(26)27)6-7-18(17)21-19(25)13-22-8-10-23(11-9-22)30(28,29)14-15-4-2-1-3-5-15/h1-7,12H,8-11,13-14H2,(H,21,25). The molecule has 3 rings (SSSR count). The van der Waals surface area contributed by atoms with Gasteiger partial charge in [-0.2, -0.15) is 4.31 Å². The Morgan fingerprint density at radius 2 is 1.77 bits per heavy atom. The molecule has 0 bridgehead atoms. The summed E-state index contributed by atoms with van der Waals surface area (Å²) >= 11 is 3.22. The van der Waals surface area contributed by atoms with E-state index < -0.39 is 14.9 Å². The van der Waals surface area contributed by atoms with Gasteiger partial charge in [0.15, 0.2) is 0 Å². The average Bonchev–Trinajstić information content (AvgIpc) is 2.70. The molecule has 1 N–H and O–H groups in total. The fourth-order valence-electron chi connectivity index (χ4n) is 3.15. The minimum Gasteiger partial charge on any atom is -0.324 e. The molecule has 0 radical (unpaired) electrons. The van der Waals surface area contributed by atoms with E-state index in [9.17, 15) is 23.3 Å². The van der Waals surface area contributed by atoms with Gasteiger partial charge in [-0.1, -0.05) is 30.3 Å². The van der Waals surface area contributed by atoms with Crippen molar-refractivity contribution in [1.29, 1.82) is 0 Å². The first-order valence-corrected chi connectivity index (χ1v) is 11.6. The summed E-state index contributed by atoms with van der Waals surface area (Å²) in [6.45, 7) is 1.65. The quantitative estimate of drug-likeness (QED) is 0.465. The Balaban J connectivity index is 1.51. The number of carbonyl (C=O) groups excluding carboxylic acids is 1. The van der Waals surface area contributed by atoms with Crippen molar-refractivity contribution in [3.8, 4) is 0 Å². The van der Waals surface area contributed by atoms with E-state index in [-0.39, 0.29) is 23.9 Å². The normalized spacial score (nSPS) is 15.6. The van der Waals surface area contributed by atoms with Gasteiger partial charge in [-0.25, -0.2) is 8.42 Å². The molecule has 30 heavy (non-hydrogen) atoms. The number of benzene rings is 2. The maximum Gasteiger partial charge on any atom is 0.270 e. The first-order valence-electron chi connectivity index (χ1n) is 9.22. The van der Waals surface area contributed by atoms with Crippen molar-refractivity contribution >= 4 is 43.2 Å². The van der Waals surface area contributed by atoms with Crippen LogP contribution in [-0.4, -0.2) is 61.2 Å². The van der Waals surface area contributed by atoms with Gasteiger partial charge in [0.2, 0.25) is 15.9 Å². The van der Waals surface area contributed by atoms with Crippen LogP contribution < -0.4 is 5.32 Å². The van der Waals surface area contributed by atoms with Crippen LogP contribution in [-0.2, 0) is 20.6 Å². The van der Waals surface area contributed by atoms with Crippen LogP contribution in [0.1, 0.15) is 5.56 Å². The zero-order valence-corrected chi connectivity index (χ0v) is 18.4. The number of rotatable bonds is 7. The molecule has 1 saturated heterocycles. The monoisotopic (exact) mass is 496 g/mol. The number of carbonyl (C=O) groups is 1. The molecule has 1 fully saturated rings. The van der Waals surface area contributed by atoms with Gasteiger partial charge >= 0.3 is 0 Å². The van der Waals surface area contributed by atoms with Crippen molar-refractivity contribution in [2.75, 3.05) is 38.0 Å². The number of nitrogens with one attached hydrogen (secondary N) is 1. The summed E-state index contributed by atoms with van der Waals surface area (Å²) in [7, 11) is -3.41. The second-order valence-electron chi connectivity index (χ2n) is 6.89. The lowest BCUT2D eigenvalue weighted by molar-refractivity contribution is -0.384. The summed E-state index contributed by atoms with van der Waals surface area (Å²) in [4.78, 5) is 24.5. The zero-order chi connectivity index (χ0) is 21.7. The van der Waals surface area contributed by atoms with Crippen molar-refractivity contribution in [2.45, 2.75) is 5.75 Å². The first kappa shape index (κ1) is 22.3. The molecule has 0 spiro atoms. The highest BCUT2D eigenvalue weighted by molar-refractivity contribution is 9.10. The van der Waals surface area contributed by atoms with Crippen LogP contribution in [0.15, 0.2) is 53.0 Å². The third kappa shape index (κ3) is 5.85. The summed E-state index contributed by atoms with van der Waals surface area (Å²) in [6, 6.07) is 13.1. The minimum absolute atomic E-state index is 0.0392. The summed E-state index contributed by atoms with van der Waals surface area (Å²) in [5.41, 5.74) is 1.11. The highest BCUT2D eigenvalue weighted by Crippen LogP contribution is 2.27. The summed E-state index contributed by atoms with van der Waals surface area (Å²) in [5.74, 6) is -0.312. The van der Waals surface area contributed by atoms with E-state index >= 15 is 0 Å². The molecule has 0 atom stereocenters. The number of hydrogen-bond donors (Lipinski definition) is 1. The molecule has 2 aromatic rings. The van der Waals surface area contributed by atoms with E-state index in [1.807, 2.05) is 23.1 Å². The lowest BCUT2D eigenvalue weighted by atomic mass is 10.2. The van der Waals surface area contributed by atoms with Gasteiger partial charge < -0.3 is 5.32 Å². The molecule has 0 aliphatic carbocycles. The number of anilines is 1. The van der Waals surface area contributed by atoms with Crippen LogP contribution in [0.25, 0.3) is 0 Å². The molecule has 0 aromatic heterocycles. The lowest BCUT2D eigenvalue weighted by Crippen LogP contribution is -2.50.